The van der Waals surface area contributed by atoms with Crippen LogP contribution in [0.5, 0.6) is 11.5 Å². The number of carbonyl (C=O) groups excluding carboxylic acids is 1. The Morgan fingerprint density at radius 3 is 2.56 bits per heavy atom. The average molecular weight is 373 g/mol. The molecule has 1 saturated heterocycles. The van der Waals surface area contributed by atoms with Crippen molar-refractivity contribution in [1.82, 2.24) is 4.90 Å². The van der Waals surface area contributed by atoms with Crippen molar-refractivity contribution in [3.63, 3.8) is 0 Å². The van der Waals surface area contributed by atoms with Gasteiger partial charge in [-0.05, 0) is 35.4 Å². The molecule has 2 heterocycles. The van der Waals surface area contributed by atoms with Crippen molar-refractivity contribution in [2.45, 2.75) is 11.1 Å². The molecule has 0 saturated carbocycles. The third-order valence-corrected chi connectivity index (χ3v) is 7.36. The highest BCUT2D eigenvalue weighted by atomic mass is 32.2. The minimum atomic E-state index is 0.0240. The van der Waals surface area contributed by atoms with Gasteiger partial charge in [-0.25, -0.2) is 0 Å². The molecular weight excluding hydrogens is 354 g/mol. The van der Waals surface area contributed by atoms with Crippen LogP contribution in [0.3, 0.4) is 0 Å². The van der Waals surface area contributed by atoms with Crippen molar-refractivity contribution in [2.24, 2.45) is 0 Å². The fourth-order valence-corrected chi connectivity index (χ4v) is 5.80. The Morgan fingerprint density at radius 1 is 1.08 bits per heavy atom. The first-order valence-corrected chi connectivity index (χ1v) is 10.3. The highest BCUT2D eigenvalue weighted by molar-refractivity contribution is 8.19. The van der Waals surface area contributed by atoms with Gasteiger partial charge in [0.25, 0.3) is 5.91 Å². The number of fused-ring (bicyclic) bond motifs is 1. The zero-order chi connectivity index (χ0) is 17.2. The number of benzene rings is 2. The summed E-state index contributed by atoms with van der Waals surface area (Å²) in [6.45, 7) is 0.795. The van der Waals surface area contributed by atoms with Crippen LogP contribution in [0.4, 0.5) is 0 Å². The minimum Gasteiger partial charge on any atom is -0.454 e. The van der Waals surface area contributed by atoms with Gasteiger partial charge in [0, 0.05) is 30.7 Å². The first-order chi connectivity index (χ1) is 12.2. The first kappa shape index (κ1) is 16.7. The highest BCUT2D eigenvalue weighted by Crippen LogP contribution is 2.45. The zero-order valence-corrected chi connectivity index (χ0v) is 15.6. The lowest BCUT2D eigenvalue weighted by molar-refractivity contribution is 0.0785. The van der Waals surface area contributed by atoms with Gasteiger partial charge in [-0.3, -0.25) is 4.79 Å². The average Bonchev–Trinajstić information content (AvgIpc) is 3.32. The van der Waals surface area contributed by atoms with Gasteiger partial charge in [0.1, 0.15) is 0 Å². The molecule has 0 atom stereocenters. The van der Waals surface area contributed by atoms with Crippen LogP contribution in [0.15, 0.2) is 42.5 Å². The van der Waals surface area contributed by atoms with E-state index >= 15 is 0 Å². The molecule has 0 bridgehead atoms. The van der Waals surface area contributed by atoms with E-state index in [0.29, 0.717) is 11.1 Å². The molecule has 0 N–H and O–H groups in total. The smallest absolute Gasteiger partial charge is 0.253 e. The van der Waals surface area contributed by atoms with E-state index in [0.717, 1.165) is 22.6 Å². The number of hydrogen-bond acceptors (Lipinski definition) is 5. The number of ether oxygens (including phenoxy) is 2. The maximum absolute atomic E-state index is 12.7. The predicted molar refractivity (Wildman–Crippen MR) is 102 cm³/mol. The SMILES string of the molecule is CN(Cc1ccc2c(c1)OCO2)C(=O)c1ccc(C2SCCS2)cc1. The largest absolute Gasteiger partial charge is 0.454 e. The second-order valence-electron chi connectivity index (χ2n) is 6.04. The van der Waals surface area contributed by atoms with Gasteiger partial charge in [-0.2, -0.15) is 0 Å². The molecule has 0 aromatic heterocycles. The molecule has 2 aliphatic rings. The number of nitrogens with zero attached hydrogens (tertiary/aromatic N) is 1. The normalized spacial score (nSPS) is 16.2. The van der Waals surface area contributed by atoms with Crippen LogP contribution in [-0.4, -0.2) is 36.2 Å². The summed E-state index contributed by atoms with van der Waals surface area (Å²) in [7, 11) is 1.82. The van der Waals surface area contributed by atoms with E-state index in [2.05, 4.69) is 12.1 Å². The Balaban J connectivity index is 1.43. The lowest BCUT2D eigenvalue weighted by Gasteiger charge is -2.18. The Bertz CT molecular complexity index is 773. The molecule has 0 unspecified atom stereocenters. The standard InChI is InChI=1S/C19H19NO3S2/c1-20(11-13-2-7-16-17(10-13)23-12-22-16)18(21)14-3-5-15(6-4-14)19-24-8-9-25-19/h2-7,10,19H,8-9,11-12H2,1H3. The molecule has 25 heavy (non-hydrogen) atoms. The maximum Gasteiger partial charge on any atom is 0.253 e. The van der Waals surface area contributed by atoms with E-state index in [1.165, 1.54) is 17.1 Å². The molecule has 0 radical (unpaired) electrons. The second kappa shape index (κ2) is 7.22. The highest BCUT2D eigenvalue weighted by Gasteiger charge is 2.20. The molecule has 130 valence electrons. The molecule has 6 heteroatoms. The minimum absolute atomic E-state index is 0.0240. The molecule has 0 aliphatic carbocycles. The molecule has 2 aromatic rings. The summed E-state index contributed by atoms with van der Waals surface area (Å²) < 4.78 is 11.2. The Labute approximate surface area is 155 Å². The van der Waals surface area contributed by atoms with Crippen LogP contribution in [0, 0.1) is 0 Å². The van der Waals surface area contributed by atoms with Gasteiger partial charge in [0.2, 0.25) is 6.79 Å². The Hall–Kier alpha value is -1.79. The van der Waals surface area contributed by atoms with E-state index in [9.17, 15) is 4.79 Å². The van der Waals surface area contributed by atoms with Crippen LogP contribution >= 0.6 is 23.5 Å². The van der Waals surface area contributed by atoms with Crippen molar-refractivity contribution in [3.05, 3.63) is 59.2 Å². The number of thioether (sulfide) groups is 2. The molecule has 0 spiro atoms. The number of rotatable bonds is 4. The summed E-state index contributed by atoms with van der Waals surface area (Å²) in [5.74, 6) is 3.93. The van der Waals surface area contributed by atoms with E-state index in [1.807, 2.05) is 60.9 Å². The molecule has 2 aliphatic heterocycles. The summed E-state index contributed by atoms with van der Waals surface area (Å²) in [5, 5.41) is 0. The third kappa shape index (κ3) is 3.60. The van der Waals surface area contributed by atoms with Crippen LogP contribution < -0.4 is 9.47 Å². The predicted octanol–water partition coefficient (Wildman–Crippen LogP) is 4.17. The van der Waals surface area contributed by atoms with Crippen molar-refractivity contribution >= 4 is 29.4 Å². The van der Waals surface area contributed by atoms with Crippen molar-refractivity contribution < 1.29 is 14.3 Å². The maximum atomic E-state index is 12.7. The summed E-state index contributed by atoms with van der Waals surface area (Å²) in [5.41, 5.74) is 3.04. The van der Waals surface area contributed by atoms with Crippen LogP contribution in [-0.2, 0) is 6.54 Å². The summed E-state index contributed by atoms with van der Waals surface area (Å²) in [4.78, 5) is 14.4. The van der Waals surface area contributed by atoms with Gasteiger partial charge in [-0.1, -0.05) is 18.2 Å². The number of carbonyl (C=O) groups is 1. The summed E-state index contributed by atoms with van der Waals surface area (Å²) in [6.07, 6.45) is 0. The van der Waals surface area contributed by atoms with Crippen molar-refractivity contribution in [1.29, 1.82) is 0 Å². The van der Waals surface area contributed by atoms with Gasteiger partial charge in [0.15, 0.2) is 11.5 Å². The molecule has 1 amide bonds. The molecular formula is C19H19NO3S2. The topological polar surface area (TPSA) is 38.8 Å². The second-order valence-corrected chi connectivity index (χ2v) is 8.77. The van der Waals surface area contributed by atoms with Crippen LogP contribution in [0.2, 0.25) is 0 Å². The van der Waals surface area contributed by atoms with Gasteiger partial charge in [-0.15, -0.1) is 23.5 Å². The van der Waals surface area contributed by atoms with Crippen molar-refractivity contribution in [2.75, 3.05) is 25.3 Å². The fourth-order valence-electron chi connectivity index (χ4n) is 2.94. The van der Waals surface area contributed by atoms with Gasteiger partial charge >= 0.3 is 0 Å². The Kier molecular flexibility index (Phi) is 4.81. The quantitative estimate of drug-likeness (QED) is 0.804. The lowest BCUT2D eigenvalue weighted by Crippen LogP contribution is -2.26. The van der Waals surface area contributed by atoms with E-state index in [1.54, 1.807) is 4.90 Å². The summed E-state index contributed by atoms with van der Waals surface area (Å²) >= 11 is 3.95. The van der Waals surface area contributed by atoms with E-state index in [-0.39, 0.29) is 12.7 Å². The summed E-state index contributed by atoms with van der Waals surface area (Å²) in [6, 6.07) is 13.8. The first-order valence-electron chi connectivity index (χ1n) is 8.18. The van der Waals surface area contributed by atoms with E-state index < -0.39 is 0 Å². The number of amides is 1. The van der Waals surface area contributed by atoms with Crippen LogP contribution in [0.1, 0.15) is 26.1 Å². The van der Waals surface area contributed by atoms with Gasteiger partial charge in [0.05, 0.1) is 4.58 Å². The fraction of sp³-hybridized carbons (Fsp3) is 0.316. The third-order valence-electron chi connectivity index (χ3n) is 4.26. The molecule has 1 fully saturated rings. The lowest BCUT2D eigenvalue weighted by atomic mass is 10.1. The molecule has 4 rings (SSSR count). The van der Waals surface area contributed by atoms with Crippen molar-refractivity contribution in [3.8, 4) is 11.5 Å². The monoisotopic (exact) mass is 373 g/mol. The Morgan fingerprint density at radius 2 is 1.80 bits per heavy atom. The van der Waals surface area contributed by atoms with Gasteiger partial charge < -0.3 is 14.4 Å². The van der Waals surface area contributed by atoms with Crippen LogP contribution in [0.25, 0.3) is 0 Å². The molecule has 2 aromatic carbocycles. The number of hydrogen-bond donors (Lipinski definition) is 0. The van der Waals surface area contributed by atoms with E-state index in [4.69, 9.17) is 9.47 Å². The molecule has 4 nitrogen and oxygen atoms in total. The zero-order valence-electron chi connectivity index (χ0n) is 13.9.